The van der Waals surface area contributed by atoms with Gasteiger partial charge < -0.3 is 18.8 Å². The van der Waals surface area contributed by atoms with Gasteiger partial charge in [0.1, 0.15) is 41.2 Å². The van der Waals surface area contributed by atoms with E-state index in [9.17, 15) is 4.39 Å². The normalized spacial score (nSPS) is 10.8. The molecule has 4 rings (SSSR count). The van der Waals surface area contributed by atoms with E-state index in [1.54, 1.807) is 19.2 Å². The van der Waals surface area contributed by atoms with E-state index in [0.717, 1.165) is 28.4 Å². The topological polar surface area (TPSA) is 45.5 Å². The van der Waals surface area contributed by atoms with Crippen LogP contribution in [0.3, 0.4) is 0 Å². The van der Waals surface area contributed by atoms with Gasteiger partial charge in [-0.3, -0.25) is 0 Å². The van der Waals surface area contributed by atoms with Crippen LogP contribution in [0.1, 0.15) is 5.82 Å². The second-order valence-electron chi connectivity index (χ2n) is 6.26. The lowest BCUT2D eigenvalue weighted by atomic mass is 10.3. The highest BCUT2D eigenvalue weighted by atomic mass is 19.1. The molecule has 5 nitrogen and oxygen atoms in total. The zero-order valence-corrected chi connectivity index (χ0v) is 15.6. The van der Waals surface area contributed by atoms with Crippen LogP contribution in [0.25, 0.3) is 11.0 Å². The van der Waals surface area contributed by atoms with Crippen molar-refractivity contribution in [3.63, 3.8) is 0 Å². The van der Waals surface area contributed by atoms with Crippen molar-refractivity contribution >= 4 is 11.0 Å². The fourth-order valence-electron chi connectivity index (χ4n) is 2.90. The van der Waals surface area contributed by atoms with Gasteiger partial charge in [0, 0.05) is 19.2 Å². The molecule has 3 aromatic carbocycles. The summed E-state index contributed by atoms with van der Waals surface area (Å²) in [4.78, 5) is 4.59. The first-order valence-corrected chi connectivity index (χ1v) is 8.78. The van der Waals surface area contributed by atoms with E-state index >= 15 is 0 Å². The van der Waals surface area contributed by atoms with Crippen LogP contribution in [0.4, 0.5) is 4.39 Å². The highest BCUT2D eigenvalue weighted by molar-refractivity contribution is 5.77. The van der Waals surface area contributed by atoms with Crippen LogP contribution in [0.5, 0.6) is 23.0 Å². The predicted octanol–water partition coefficient (Wildman–Crippen LogP) is 5.09. The van der Waals surface area contributed by atoms with E-state index in [-0.39, 0.29) is 12.4 Å². The molecule has 0 aliphatic heterocycles. The Hall–Kier alpha value is -3.54. The van der Waals surface area contributed by atoms with Gasteiger partial charge in [0.15, 0.2) is 0 Å². The third-order valence-electron chi connectivity index (χ3n) is 4.40. The van der Waals surface area contributed by atoms with Gasteiger partial charge in [-0.25, -0.2) is 9.37 Å². The molecule has 0 spiro atoms. The number of aryl methyl sites for hydroxylation is 1. The van der Waals surface area contributed by atoms with Gasteiger partial charge in [-0.05, 0) is 48.5 Å². The lowest BCUT2D eigenvalue weighted by molar-refractivity contribution is 0.291. The lowest BCUT2D eigenvalue weighted by Crippen LogP contribution is -2.03. The highest BCUT2D eigenvalue weighted by Crippen LogP contribution is 2.27. The van der Waals surface area contributed by atoms with Crippen LogP contribution < -0.4 is 14.2 Å². The van der Waals surface area contributed by atoms with Crippen LogP contribution in [0.15, 0.2) is 66.7 Å². The van der Waals surface area contributed by atoms with E-state index in [2.05, 4.69) is 4.98 Å². The summed E-state index contributed by atoms with van der Waals surface area (Å²) in [6, 6.07) is 19.2. The van der Waals surface area contributed by atoms with Crippen LogP contribution in [-0.4, -0.2) is 16.7 Å². The van der Waals surface area contributed by atoms with Gasteiger partial charge in [-0.15, -0.1) is 0 Å². The molecule has 0 saturated carbocycles. The Morgan fingerprint density at radius 1 is 0.893 bits per heavy atom. The number of benzene rings is 3. The number of hydrogen-bond acceptors (Lipinski definition) is 4. The van der Waals surface area contributed by atoms with Crippen molar-refractivity contribution in [1.82, 2.24) is 9.55 Å². The molecule has 0 aliphatic rings. The summed E-state index contributed by atoms with van der Waals surface area (Å²) in [6.45, 7) is 0.239. The minimum Gasteiger partial charge on any atom is -0.497 e. The number of aromatic nitrogens is 2. The van der Waals surface area contributed by atoms with Crippen molar-refractivity contribution < 1.29 is 18.6 Å². The molecular formula is C22H19FN2O3. The molecule has 0 aliphatic carbocycles. The fourth-order valence-corrected chi connectivity index (χ4v) is 2.90. The second-order valence-corrected chi connectivity index (χ2v) is 6.26. The van der Waals surface area contributed by atoms with E-state index < -0.39 is 0 Å². The summed E-state index contributed by atoms with van der Waals surface area (Å²) >= 11 is 0. The minimum atomic E-state index is -0.331. The Morgan fingerprint density at radius 2 is 1.64 bits per heavy atom. The minimum absolute atomic E-state index is 0.239. The van der Waals surface area contributed by atoms with Crippen molar-refractivity contribution in [3.8, 4) is 23.0 Å². The summed E-state index contributed by atoms with van der Waals surface area (Å²) in [6.07, 6.45) is 0. The average Bonchev–Trinajstić information content (AvgIpc) is 3.02. The quantitative estimate of drug-likeness (QED) is 0.469. The van der Waals surface area contributed by atoms with Crippen molar-refractivity contribution in [2.24, 2.45) is 7.05 Å². The number of ether oxygens (including phenoxy) is 3. The first-order valence-electron chi connectivity index (χ1n) is 8.78. The van der Waals surface area contributed by atoms with Gasteiger partial charge >= 0.3 is 0 Å². The molecule has 0 unspecified atom stereocenters. The summed E-state index contributed by atoms with van der Waals surface area (Å²) in [5.74, 6) is 3.08. The van der Waals surface area contributed by atoms with Gasteiger partial charge in [0.2, 0.25) is 0 Å². The van der Waals surface area contributed by atoms with E-state index in [4.69, 9.17) is 14.2 Å². The number of imidazole rings is 1. The van der Waals surface area contributed by atoms with Gasteiger partial charge in [0.05, 0.1) is 18.1 Å². The molecule has 1 aromatic heterocycles. The zero-order chi connectivity index (χ0) is 19.5. The van der Waals surface area contributed by atoms with E-state index in [0.29, 0.717) is 11.5 Å². The van der Waals surface area contributed by atoms with Crippen molar-refractivity contribution in [1.29, 1.82) is 0 Å². The zero-order valence-electron chi connectivity index (χ0n) is 15.6. The second kappa shape index (κ2) is 7.60. The van der Waals surface area contributed by atoms with Gasteiger partial charge in [-0.1, -0.05) is 6.07 Å². The Morgan fingerprint density at radius 3 is 2.39 bits per heavy atom. The molecule has 4 aromatic rings. The van der Waals surface area contributed by atoms with Crippen LogP contribution >= 0.6 is 0 Å². The molecule has 0 amide bonds. The number of hydrogen-bond donors (Lipinski definition) is 0. The molecule has 28 heavy (non-hydrogen) atoms. The van der Waals surface area contributed by atoms with Crippen LogP contribution in [-0.2, 0) is 13.7 Å². The molecule has 0 fully saturated rings. The highest BCUT2D eigenvalue weighted by Gasteiger charge is 2.10. The number of fused-ring (bicyclic) bond motifs is 1. The van der Waals surface area contributed by atoms with Gasteiger partial charge in [-0.2, -0.15) is 0 Å². The summed E-state index contributed by atoms with van der Waals surface area (Å²) in [5, 5.41) is 0. The fraction of sp³-hybridized carbons (Fsp3) is 0.136. The standard InChI is InChI=1S/C22H19FN2O3/c1-25-21-13-19(28-17-8-6-16(26-2)7-9-17)10-11-20(21)24-22(25)14-27-18-5-3-4-15(23)12-18/h3-13H,14H2,1-2H3. The van der Waals surface area contributed by atoms with Gasteiger partial charge in [0.25, 0.3) is 0 Å². The van der Waals surface area contributed by atoms with Crippen LogP contribution in [0, 0.1) is 5.82 Å². The van der Waals surface area contributed by atoms with Crippen molar-refractivity contribution in [2.75, 3.05) is 7.11 Å². The summed E-state index contributed by atoms with van der Waals surface area (Å²) in [5.41, 5.74) is 1.76. The van der Waals surface area contributed by atoms with E-state index in [1.807, 2.05) is 54.1 Å². The lowest BCUT2D eigenvalue weighted by Gasteiger charge is -2.08. The largest absolute Gasteiger partial charge is 0.497 e. The maximum Gasteiger partial charge on any atom is 0.147 e. The molecule has 0 bridgehead atoms. The number of rotatable bonds is 6. The maximum absolute atomic E-state index is 13.3. The molecule has 0 N–H and O–H groups in total. The smallest absolute Gasteiger partial charge is 0.147 e. The van der Waals surface area contributed by atoms with Crippen molar-refractivity contribution in [3.05, 3.63) is 78.4 Å². The summed E-state index contributed by atoms with van der Waals surface area (Å²) in [7, 11) is 3.54. The van der Waals surface area contributed by atoms with E-state index in [1.165, 1.54) is 12.1 Å². The number of nitrogens with zero attached hydrogens (tertiary/aromatic N) is 2. The number of methoxy groups -OCH3 is 1. The first-order chi connectivity index (χ1) is 13.6. The monoisotopic (exact) mass is 378 g/mol. The molecule has 0 radical (unpaired) electrons. The molecule has 142 valence electrons. The van der Waals surface area contributed by atoms with Crippen LogP contribution in [0.2, 0.25) is 0 Å². The molecular weight excluding hydrogens is 359 g/mol. The third kappa shape index (κ3) is 3.76. The SMILES string of the molecule is COc1ccc(Oc2ccc3nc(COc4cccc(F)c4)n(C)c3c2)cc1. The first kappa shape index (κ1) is 17.9. The molecule has 0 atom stereocenters. The predicted molar refractivity (Wildman–Crippen MR) is 105 cm³/mol. The Bertz CT molecular complexity index is 1110. The van der Waals surface area contributed by atoms with Crippen molar-refractivity contribution in [2.45, 2.75) is 6.61 Å². The molecule has 6 heteroatoms. The Labute approximate surface area is 161 Å². The Kier molecular flexibility index (Phi) is 4.85. The molecule has 1 heterocycles. The Balaban J connectivity index is 1.53. The number of halogens is 1. The summed E-state index contributed by atoms with van der Waals surface area (Å²) < 4.78 is 32.0. The average molecular weight is 378 g/mol. The molecule has 0 saturated heterocycles. The third-order valence-corrected chi connectivity index (χ3v) is 4.40. The maximum atomic E-state index is 13.3.